The van der Waals surface area contributed by atoms with E-state index < -0.39 is 12.1 Å². The van der Waals surface area contributed by atoms with Gasteiger partial charge in [-0.1, -0.05) is 40.7 Å². The zero-order valence-corrected chi connectivity index (χ0v) is 17.5. The standard InChI is InChI=1S/C22H29N5O4/c28-16(15-31-17-8-4-3-5-9-17)12-13-18-19(21(29)14-20(18)25-30)10-6-1-2-7-11-22-23-26-27-24-22/h1,3-6,8-9,16,18-20,28H,2,7,10-15H2,(H,23,24,26,27)/t16?,18-,19?,20?/m1/s1. The molecule has 2 aromatic rings. The first kappa shape index (κ1) is 22.7. The van der Waals surface area contributed by atoms with Crippen molar-refractivity contribution in [1.29, 1.82) is 0 Å². The quantitative estimate of drug-likeness (QED) is 0.285. The summed E-state index contributed by atoms with van der Waals surface area (Å²) >= 11 is 0. The number of nitrogens with zero attached hydrogens (tertiary/aromatic N) is 4. The zero-order valence-electron chi connectivity index (χ0n) is 17.5. The molecule has 0 amide bonds. The van der Waals surface area contributed by atoms with Crippen molar-refractivity contribution in [1.82, 2.24) is 20.6 Å². The summed E-state index contributed by atoms with van der Waals surface area (Å²) in [6.07, 6.45) is 7.70. The number of Topliss-reactive ketones (excluding diaryl/α,β-unsaturated/α-hetero) is 1. The van der Waals surface area contributed by atoms with Crippen molar-refractivity contribution in [2.45, 2.75) is 57.1 Å². The van der Waals surface area contributed by atoms with Crippen LogP contribution in [0.4, 0.5) is 0 Å². The number of nitrogens with one attached hydrogen (secondary N) is 1. The van der Waals surface area contributed by atoms with E-state index in [1.165, 1.54) is 0 Å². The zero-order chi connectivity index (χ0) is 21.9. The van der Waals surface area contributed by atoms with Crippen LogP contribution in [0, 0.1) is 16.7 Å². The minimum absolute atomic E-state index is 0.0843. The predicted molar refractivity (Wildman–Crippen MR) is 114 cm³/mol. The normalized spacial score (nSPS) is 22.1. The van der Waals surface area contributed by atoms with Gasteiger partial charge >= 0.3 is 0 Å². The van der Waals surface area contributed by atoms with Crippen LogP contribution in [0.15, 0.2) is 47.7 Å². The van der Waals surface area contributed by atoms with E-state index in [4.69, 9.17) is 4.74 Å². The number of aromatic nitrogens is 4. The third kappa shape index (κ3) is 7.06. The van der Waals surface area contributed by atoms with Crippen LogP contribution in [-0.4, -0.2) is 50.3 Å². The number of hydrogen-bond acceptors (Lipinski definition) is 8. The second kappa shape index (κ2) is 12.0. The number of H-pyrrole nitrogens is 1. The lowest BCUT2D eigenvalue weighted by Gasteiger charge is -2.21. The first-order chi connectivity index (χ1) is 15.2. The molecular weight excluding hydrogens is 398 g/mol. The Morgan fingerprint density at radius 2 is 2.13 bits per heavy atom. The number of ether oxygens (including phenoxy) is 1. The van der Waals surface area contributed by atoms with Crippen molar-refractivity contribution in [3.05, 3.63) is 53.2 Å². The van der Waals surface area contributed by atoms with Crippen LogP contribution in [0.5, 0.6) is 5.75 Å². The molecule has 9 heteroatoms. The Kier molecular flexibility index (Phi) is 8.84. The average Bonchev–Trinajstić information content (AvgIpc) is 3.41. The number of rotatable bonds is 13. The number of aliphatic hydroxyl groups is 1. The lowest BCUT2D eigenvalue weighted by atomic mass is 9.86. The number of tetrazole rings is 1. The van der Waals surface area contributed by atoms with E-state index in [0.717, 1.165) is 19.3 Å². The lowest BCUT2D eigenvalue weighted by Crippen LogP contribution is -2.24. The summed E-state index contributed by atoms with van der Waals surface area (Å²) in [5.41, 5.74) is 0. The van der Waals surface area contributed by atoms with Gasteiger partial charge in [-0.15, -0.1) is 10.2 Å². The molecule has 0 bridgehead atoms. The average molecular weight is 428 g/mol. The number of aryl methyl sites for hydroxylation is 1. The lowest BCUT2D eigenvalue weighted by molar-refractivity contribution is -0.121. The number of carbonyl (C=O) groups is 1. The first-order valence-electron chi connectivity index (χ1n) is 10.8. The molecule has 166 valence electrons. The maximum Gasteiger partial charge on any atom is 0.174 e. The molecule has 1 fully saturated rings. The fourth-order valence-electron chi connectivity index (χ4n) is 4.04. The number of nitroso groups, excluding NO2 is 1. The van der Waals surface area contributed by atoms with Gasteiger partial charge in [-0.2, -0.15) is 10.1 Å². The molecule has 1 aliphatic carbocycles. The number of benzene rings is 1. The van der Waals surface area contributed by atoms with E-state index in [2.05, 4.69) is 31.9 Å². The third-order valence-corrected chi connectivity index (χ3v) is 5.71. The molecular formula is C22H29N5O4. The van der Waals surface area contributed by atoms with E-state index in [-0.39, 0.29) is 30.6 Å². The molecule has 1 heterocycles. The highest BCUT2D eigenvalue weighted by atomic mass is 16.5. The summed E-state index contributed by atoms with van der Waals surface area (Å²) in [6, 6.07) is 8.80. The number of carbonyl (C=O) groups excluding carboxylic acids is 1. The van der Waals surface area contributed by atoms with Crippen LogP contribution in [0.1, 0.15) is 44.3 Å². The van der Waals surface area contributed by atoms with Gasteiger partial charge in [0.1, 0.15) is 24.2 Å². The molecule has 31 heavy (non-hydrogen) atoms. The smallest absolute Gasteiger partial charge is 0.174 e. The highest BCUT2D eigenvalue weighted by Gasteiger charge is 2.42. The number of para-hydroxylation sites is 1. The van der Waals surface area contributed by atoms with Crippen molar-refractivity contribution in [3.63, 3.8) is 0 Å². The Hall–Kier alpha value is -2.94. The Bertz CT molecular complexity index is 828. The largest absolute Gasteiger partial charge is 0.491 e. The second-order valence-corrected chi connectivity index (χ2v) is 7.90. The number of allylic oxidation sites excluding steroid dienone is 2. The van der Waals surface area contributed by atoms with E-state index in [0.29, 0.717) is 30.8 Å². The van der Waals surface area contributed by atoms with Crippen molar-refractivity contribution in [2.75, 3.05) is 6.61 Å². The first-order valence-corrected chi connectivity index (χ1v) is 10.8. The number of unbranched alkanes of at least 4 members (excludes halogenated alkanes) is 1. The second-order valence-electron chi connectivity index (χ2n) is 7.90. The fraction of sp³-hybridized carbons (Fsp3) is 0.545. The maximum absolute atomic E-state index is 12.4. The van der Waals surface area contributed by atoms with Crippen molar-refractivity contribution < 1.29 is 14.6 Å². The van der Waals surface area contributed by atoms with Crippen LogP contribution in [-0.2, 0) is 11.2 Å². The Morgan fingerprint density at radius 3 is 2.87 bits per heavy atom. The van der Waals surface area contributed by atoms with Crippen LogP contribution in [0.25, 0.3) is 0 Å². The summed E-state index contributed by atoms with van der Waals surface area (Å²) in [7, 11) is 0. The topological polar surface area (TPSA) is 130 Å². The molecule has 9 nitrogen and oxygen atoms in total. The summed E-state index contributed by atoms with van der Waals surface area (Å²) < 4.78 is 5.59. The predicted octanol–water partition coefficient (Wildman–Crippen LogP) is 3.03. The Balaban J connectivity index is 1.43. The van der Waals surface area contributed by atoms with Crippen LogP contribution >= 0.6 is 0 Å². The number of aliphatic hydroxyl groups excluding tert-OH is 1. The number of aromatic amines is 1. The van der Waals surface area contributed by atoms with Crippen LogP contribution in [0.2, 0.25) is 0 Å². The molecule has 1 aromatic heterocycles. The van der Waals surface area contributed by atoms with Crippen molar-refractivity contribution >= 4 is 5.78 Å². The highest BCUT2D eigenvalue weighted by molar-refractivity contribution is 5.84. The van der Waals surface area contributed by atoms with E-state index in [9.17, 15) is 14.8 Å². The monoisotopic (exact) mass is 427 g/mol. The Morgan fingerprint density at radius 1 is 1.29 bits per heavy atom. The van der Waals surface area contributed by atoms with E-state index in [1.807, 2.05) is 36.4 Å². The van der Waals surface area contributed by atoms with Gasteiger partial charge in [0.25, 0.3) is 0 Å². The van der Waals surface area contributed by atoms with Gasteiger partial charge in [-0.3, -0.25) is 4.79 Å². The van der Waals surface area contributed by atoms with Gasteiger partial charge < -0.3 is 9.84 Å². The third-order valence-electron chi connectivity index (χ3n) is 5.71. The summed E-state index contributed by atoms with van der Waals surface area (Å²) in [5.74, 6) is 1.11. The molecule has 1 saturated carbocycles. The number of ketones is 1. The summed E-state index contributed by atoms with van der Waals surface area (Å²) in [4.78, 5) is 23.7. The van der Waals surface area contributed by atoms with Crippen LogP contribution < -0.4 is 4.74 Å². The molecule has 0 spiro atoms. The SMILES string of the molecule is O=NC1CC(=O)C(CC=CCCCc2nn[nH]n2)[C@H]1CCC(O)COc1ccccc1. The van der Waals surface area contributed by atoms with Crippen molar-refractivity contribution in [3.8, 4) is 5.75 Å². The van der Waals surface area contributed by atoms with E-state index in [1.54, 1.807) is 0 Å². The molecule has 3 unspecified atom stereocenters. The highest BCUT2D eigenvalue weighted by Crippen LogP contribution is 2.37. The molecule has 4 atom stereocenters. The van der Waals surface area contributed by atoms with Gasteiger partial charge in [-0.05, 0) is 50.2 Å². The van der Waals surface area contributed by atoms with Gasteiger partial charge in [-0.25, -0.2) is 0 Å². The number of hydrogen-bond donors (Lipinski definition) is 2. The molecule has 0 aliphatic heterocycles. The molecule has 3 rings (SSSR count). The van der Waals surface area contributed by atoms with Crippen molar-refractivity contribution in [2.24, 2.45) is 17.0 Å². The van der Waals surface area contributed by atoms with Gasteiger partial charge in [0.05, 0.1) is 6.10 Å². The minimum atomic E-state index is -0.662. The Labute approximate surface area is 181 Å². The van der Waals surface area contributed by atoms with E-state index >= 15 is 0 Å². The van der Waals surface area contributed by atoms with Gasteiger partial charge in [0.2, 0.25) is 0 Å². The molecule has 0 radical (unpaired) electrons. The summed E-state index contributed by atoms with van der Waals surface area (Å²) in [6.45, 7) is 0.175. The van der Waals surface area contributed by atoms with Gasteiger partial charge in [0.15, 0.2) is 5.82 Å². The molecule has 1 aliphatic rings. The van der Waals surface area contributed by atoms with Gasteiger partial charge in [0, 0.05) is 18.8 Å². The maximum atomic E-state index is 12.4. The summed E-state index contributed by atoms with van der Waals surface area (Å²) in [5, 5.41) is 27.3. The van der Waals surface area contributed by atoms with Crippen LogP contribution in [0.3, 0.4) is 0 Å². The molecule has 1 aromatic carbocycles. The fourth-order valence-corrected chi connectivity index (χ4v) is 4.04. The minimum Gasteiger partial charge on any atom is -0.491 e. The molecule has 0 saturated heterocycles. The molecule has 2 N–H and O–H groups in total.